The lowest BCUT2D eigenvalue weighted by Crippen LogP contribution is -2.55. The summed E-state index contributed by atoms with van der Waals surface area (Å²) in [6, 6.07) is 13.1. The Morgan fingerprint density at radius 2 is 1.87 bits per heavy atom. The van der Waals surface area contributed by atoms with Crippen LogP contribution in [0.15, 0.2) is 61.1 Å². The lowest BCUT2D eigenvalue weighted by atomic mass is 9.82. The summed E-state index contributed by atoms with van der Waals surface area (Å²) in [5, 5.41) is 3.30. The largest absolute Gasteiger partial charge is 0.328 e. The van der Waals surface area contributed by atoms with Gasteiger partial charge in [0.1, 0.15) is 6.04 Å². The first-order chi connectivity index (χ1) is 15.2. The number of pyridine rings is 1. The van der Waals surface area contributed by atoms with Crippen molar-refractivity contribution >= 4 is 17.5 Å². The number of fused-ring (bicyclic) bond motifs is 1. The van der Waals surface area contributed by atoms with Crippen molar-refractivity contribution < 1.29 is 9.59 Å². The van der Waals surface area contributed by atoms with Gasteiger partial charge in [0.05, 0.1) is 11.3 Å². The van der Waals surface area contributed by atoms with Crippen molar-refractivity contribution in [2.24, 2.45) is 0 Å². The van der Waals surface area contributed by atoms with Crippen molar-refractivity contribution in [1.82, 2.24) is 20.3 Å². The van der Waals surface area contributed by atoms with Gasteiger partial charge >= 0.3 is 0 Å². The highest BCUT2D eigenvalue weighted by Gasteiger charge is 2.33. The molecule has 31 heavy (non-hydrogen) atoms. The SMILES string of the molecule is O=C1CC(c2ccccc2)Cc2nc(N3CCNCC3C(=O)c3ccncc3)ncc21. The first-order valence-corrected chi connectivity index (χ1v) is 10.6. The predicted molar refractivity (Wildman–Crippen MR) is 116 cm³/mol. The monoisotopic (exact) mass is 413 g/mol. The number of aromatic nitrogens is 3. The van der Waals surface area contributed by atoms with Gasteiger partial charge in [-0.1, -0.05) is 30.3 Å². The average molecular weight is 413 g/mol. The number of carbonyl (C=O) groups excluding carboxylic acids is 2. The second kappa shape index (κ2) is 8.35. The van der Waals surface area contributed by atoms with Crippen LogP contribution in [0, 0.1) is 0 Å². The van der Waals surface area contributed by atoms with Crippen molar-refractivity contribution in [3.8, 4) is 0 Å². The Kier molecular flexibility index (Phi) is 5.26. The number of hydrogen-bond acceptors (Lipinski definition) is 7. The standard InChI is InChI=1S/C24H23N5O2/c30-22-13-18(16-4-2-1-3-5-16)12-20-19(22)14-27-24(28-20)29-11-10-26-15-21(29)23(31)17-6-8-25-9-7-17/h1-9,14,18,21,26H,10-13,15H2. The van der Waals surface area contributed by atoms with Crippen LogP contribution in [0.1, 0.15) is 44.3 Å². The predicted octanol–water partition coefficient (Wildman–Crippen LogP) is 2.45. The molecule has 3 aromatic rings. The van der Waals surface area contributed by atoms with E-state index in [0.29, 0.717) is 43.0 Å². The first kappa shape index (κ1) is 19.5. The van der Waals surface area contributed by atoms with Crippen LogP contribution in [0.25, 0.3) is 0 Å². The molecule has 1 fully saturated rings. The number of carbonyl (C=O) groups is 2. The van der Waals surface area contributed by atoms with E-state index in [1.807, 2.05) is 23.1 Å². The number of Topliss-reactive ketones (excluding diaryl/α,β-unsaturated/α-hetero) is 2. The second-order valence-electron chi connectivity index (χ2n) is 7.98. The minimum atomic E-state index is -0.404. The number of anilines is 1. The molecule has 7 nitrogen and oxygen atoms in total. The van der Waals surface area contributed by atoms with E-state index >= 15 is 0 Å². The summed E-state index contributed by atoms with van der Waals surface area (Å²) in [6.07, 6.45) is 6.04. The number of ketones is 2. The van der Waals surface area contributed by atoms with Gasteiger partial charge in [-0.15, -0.1) is 0 Å². The van der Waals surface area contributed by atoms with E-state index in [2.05, 4.69) is 27.4 Å². The molecule has 1 aliphatic heterocycles. The van der Waals surface area contributed by atoms with Crippen molar-refractivity contribution in [3.05, 3.63) is 83.4 Å². The fourth-order valence-electron chi connectivity index (χ4n) is 4.42. The molecule has 1 aliphatic carbocycles. The highest BCUT2D eigenvalue weighted by Crippen LogP contribution is 2.32. The molecule has 1 aromatic carbocycles. The molecule has 2 aliphatic rings. The van der Waals surface area contributed by atoms with Gasteiger partial charge in [-0.25, -0.2) is 9.97 Å². The zero-order valence-electron chi connectivity index (χ0n) is 17.1. The molecule has 0 amide bonds. The third kappa shape index (κ3) is 3.84. The van der Waals surface area contributed by atoms with Crippen LogP contribution in [-0.2, 0) is 6.42 Å². The summed E-state index contributed by atoms with van der Waals surface area (Å²) >= 11 is 0. The molecule has 1 N–H and O–H groups in total. The van der Waals surface area contributed by atoms with Gasteiger partial charge in [0, 0.05) is 50.2 Å². The van der Waals surface area contributed by atoms with Gasteiger partial charge in [-0.3, -0.25) is 14.6 Å². The topological polar surface area (TPSA) is 88.1 Å². The number of piperazine rings is 1. The zero-order chi connectivity index (χ0) is 21.2. The quantitative estimate of drug-likeness (QED) is 0.657. The molecule has 7 heteroatoms. The second-order valence-corrected chi connectivity index (χ2v) is 7.98. The molecule has 0 radical (unpaired) electrons. The maximum atomic E-state index is 13.1. The molecule has 2 aromatic heterocycles. The normalized spacial score (nSPS) is 20.9. The van der Waals surface area contributed by atoms with E-state index in [9.17, 15) is 9.59 Å². The first-order valence-electron chi connectivity index (χ1n) is 10.6. The molecule has 2 unspecified atom stereocenters. The van der Waals surface area contributed by atoms with Crippen molar-refractivity contribution in [1.29, 1.82) is 0 Å². The highest BCUT2D eigenvalue weighted by molar-refractivity contribution is 6.02. The Balaban J connectivity index is 1.45. The van der Waals surface area contributed by atoms with Crippen molar-refractivity contribution in [2.45, 2.75) is 24.8 Å². The molecule has 0 spiro atoms. The number of nitrogens with one attached hydrogen (secondary N) is 1. The number of hydrogen-bond donors (Lipinski definition) is 1. The van der Waals surface area contributed by atoms with Gasteiger partial charge in [-0.2, -0.15) is 0 Å². The Morgan fingerprint density at radius 3 is 2.68 bits per heavy atom. The van der Waals surface area contributed by atoms with Crippen LogP contribution in [0.2, 0.25) is 0 Å². The Labute approximate surface area is 180 Å². The number of benzene rings is 1. The molecule has 3 heterocycles. The average Bonchev–Trinajstić information content (AvgIpc) is 2.84. The summed E-state index contributed by atoms with van der Waals surface area (Å²) in [7, 11) is 0. The van der Waals surface area contributed by atoms with E-state index in [-0.39, 0.29) is 17.5 Å². The zero-order valence-corrected chi connectivity index (χ0v) is 17.1. The molecular weight excluding hydrogens is 390 g/mol. The van der Waals surface area contributed by atoms with E-state index in [4.69, 9.17) is 4.98 Å². The van der Waals surface area contributed by atoms with Crippen LogP contribution in [0.3, 0.4) is 0 Å². The van der Waals surface area contributed by atoms with Crippen LogP contribution < -0.4 is 10.2 Å². The molecule has 2 atom stereocenters. The molecule has 0 bridgehead atoms. The van der Waals surface area contributed by atoms with E-state index in [1.165, 1.54) is 0 Å². The lowest BCUT2D eigenvalue weighted by molar-refractivity contribution is 0.0944. The summed E-state index contributed by atoms with van der Waals surface area (Å²) < 4.78 is 0. The fourth-order valence-corrected chi connectivity index (χ4v) is 4.42. The third-order valence-electron chi connectivity index (χ3n) is 6.07. The van der Waals surface area contributed by atoms with Crippen LogP contribution >= 0.6 is 0 Å². The summed E-state index contributed by atoms with van der Waals surface area (Å²) in [5.74, 6) is 0.705. The minimum absolute atomic E-state index is 0.00848. The smallest absolute Gasteiger partial charge is 0.226 e. The molecule has 0 saturated carbocycles. The van der Waals surface area contributed by atoms with Crippen LogP contribution in [-0.4, -0.2) is 52.2 Å². The minimum Gasteiger partial charge on any atom is -0.328 e. The van der Waals surface area contributed by atoms with Gasteiger partial charge in [0.2, 0.25) is 5.95 Å². The number of rotatable bonds is 4. The lowest BCUT2D eigenvalue weighted by Gasteiger charge is -2.35. The van der Waals surface area contributed by atoms with E-state index in [0.717, 1.165) is 17.8 Å². The van der Waals surface area contributed by atoms with Crippen LogP contribution in [0.4, 0.5) is 5.95 Å². The van der Waals surface area contributed by atoms with Crippen LogP contribution in [0.5, 0.6) is 0 Å². The highest BCUT2D eigenvalue weighted by atomic mass is 16.1. The molecule has 156 valence electrons. The van der Waals surface area contributed by atoms with Gasteiger partial charge in [0.15, 0.2) is 11.6 Å². The molecular formula is C24H23N5O2. The number of nitrogens with zero attached hydrogens (tertiary/aromatic N) is 4. The Bertz CT molecular complexity index is 1100. The van der Waals surface area contributed by atoms with Crippen molar-refractivity contribution in [2.75, 3.05) is 24.5 Å². The van der Waals surface area contributed by atoms with Gasteiger partial charge in [-0.05, 0) is 30.0 Å². The molecule has 1 saturated heterocycles. The van der Waals surface area contributed by atoms with E-state index < -0.39 is 6.04 Å². The summed E-state index contributed by atoms with van der Waals surface area (Å²) in [5.41, 5.74) is 3.13. The summed E-state index contributed by atoms with van der Waals surface area (Å²) in [4.78, 5) is 41.1. The van der Waals surface area contributed by atoms with Gasteiger partial charge in [0.25, 0.3) is 0 Å². The summed E-state index contributed by atoms with van der Waals surface area (Å²) in [6.45, 7) is 1.88. The maximum absolute atomic E-state index is 13.1. The molecule has 5 rings (SSSR count). The fraction of sp³-hybridized carbons (Fsp3) is 0.292. The Morgan fingerprint density at radius 1 is 1.06 bits per heavy atom. The van der Waals surface area contributed by atoms with Crippen molar-refractivity contribution in [3.63, 3.8) is 0 Å². The maximum Gasteiger partial charge on any atom is 0.226 e. The third-order valence-corrected chi connectivity index (χ3v) is 6.07. The van der Waals surface area contributed by atoms with Gasteiger partial charge < -0.3 is 10.2 Å². The Hall–Kier alpha value is -3.45. The van der Waals surface area contributed by atoms with E-state index in [1.54, 1.807) is 30.7 Å².